The van der Waals surface area contributed by atoms with Gasteiger partial charge in [0.2, 0.25) is 0 Å². The Morgan fingerprint density at radius 2 is 1.93 bits per heavy atom. The number of methoxy groups -OCH3 is 2. The van der Waals surface area contributed by atoms with Gasteiger partial charge in [-0.1, -0.05) is 12.1 Å². The van der Waals surface area contributed by atoms with E-state index in [4.69, 9.17) is 9.47 Å². The average molecular weight is 416 g/mol. The van der Waals surface area contributed by atoms with Crippen molar-refractivity contribution in [1.82, 2.24) is 4.90 Å². The summed E-state index contributed by atoms with van der Waals surface area (Å²) in [6.07, 6.45) is 4.22. The SMILES string of the molecule is COc1ccc(OC)c([C@H]2CCC[NH+]2CC(=O)N(C)Cc2ccc(SC)cc2)c1. The molecule has 1 heterocycles. The molecule has 0 radical (unpaired) electrons. The van der Waals surface area contributed by atoms with Crippen LogP contribution in [0.3, 0.4) is 0 Å². The third-order valence-corrected chi connectivity index (χ3v) is 6.42. The number of carbonyl (C=O) groups is 1. The molecule has 156 valence electrons. The topological polar surface area (TPSA) is 43.2 Å². The summed E-state index contributed by atoms with van der Waals surface area (Å²) in [5, 5.41) is 0. The highest BCUT2D eigenvalue weighted by Gasteiger charge is 2.34. The number of hydrogen-bond donors (Lipinski definition) is 1. The number of ether oxygens (including phenoxy) is 2. The first-order valence-corrected chi connectivity index (χ1v) is 11.2. The summed E-state index contributed by atoms with van der Waals surface area (Å²) < 4.78 is 11.0. The Labute approximate surface area is 178 Å². The lowest BCUT2D eigenvalue weighted by Gasteiger charge is -2.25. The highest BCUT2D eigenvalue weighted by atomic mass is 32.2. The van der Waals surface area contributed by atoms with Gasteiger partial charge in [0.1, 0.15) is 17.5 Å². The van der Waals surface area contributed by atoms with E-state index in [-0.39, 0.29) is 11.9 Å². The molecule has 29 heavy (non-hydrogen) atoms. The van der Waals surface area contributed by atoms with Gasteiger partial charge in [0.15, 0.2) is 6.54 Å². The lowest BCUT2D eigenvalue weighted by atomic mass is 10.0. The van der Waals surface area contributed by atoms with E-state index in [0.29, 0.717) is 13.1 Å². The minimum Gasteiger partial charge on any atom is -0.497 e. The number of likely N-dealkylation sites (tertiary alicyclic amines) is 1. The largest absolute Gasteiger partial charge is 0.497 e. The molecule has 1 fully saturated rings. The van der Waals surface area contributed by atoms with Crippen LogP contribution in [0.5, 0.6) is 11.5 Å². The lowest BCUT2D eigenvalue weighted by molar-refractivity contribution is -0.910. The number of quaternary nitrogens is 1. The van der Waals surface area contributed by atoms with E-state index in [2.05, 4.69) is 36.6 Å². The van der Waals surface area contributed by atoms with Crippen molar-refractivity contribution in [2.45, 2.75) is 30.3 Å². The quantitative estimate of drug-likeness (QED) is 0.674. The highest BCUT2D eigenvalue weighted by Crippen LogP contribution is 2.31. The zero-order valence-corrected chi connectivity index (χ0v) is 18.6. The molecule has 0 aliphatic carbocycles. The van der Waals surface area contributed by atoms with Gasteiger partial charge in [0.05, 0.1) is 26.3 Å². The number of rotatable bonds is 8. The van der Waals surface area contributed by atoms with Crippen molar-refractivity contribution in [1.29, 1.82) is 0 Å². The number of nitrogens with zero attached hydrogens (tertiary/aromatic N) is 1. The molecule has 2 aromatic rings. The Hall–Kier alpha value is -2.18. The van der Waals surface area contributed by atoms with E-state index in [1.54, 1.807) is 26.0 Å². The zero-order chi connectivity index (χ0) is 20.8. The Kier molecular flexibility index (Phi) is 7.45. The fourth-order valence-electron chi connectivity index (χ4n) is 4.03. The van der Waals surface area contributed by atoms with Crippen LogP contribution in [0.15, 0.2) is 47.4 Å². The van der Waals surface area contributed by atoms with Gasteiger partial charge in [-0.25, -0.2) is 0 Å². The minimum absolute atomic E-state index is 0.169. The van der Waals surface area contributed by atoms with Gasteiger partial charge in [-0.15, -0.1) is 11.8 Å². The number of carbonyl (C=O) groups excluding carboxylic acids is 1. The van der Waals surface area contributed by atoms with E-state index in [9.17, 15) is 4.79 Å². The number of benzene rings is 2. The summed E-state index contributed by atoms with van der Waals surface area (Å²) in [5.41, 5.74) is 2.28. The maximum absolute atomic E-state index is 12.9. The minimum atomic E-state index is 0.169. The van der Waals surface area contributed by atoms with E-state index in [0.717, 1.165) is 42.0 Å². The van der Waals surface area contributed by atoms with Crippen molar-refractivity contribution in [3.8, 4) is 11.5 Å². The number of amides is 1. The number of likely N-dealkylation sites (N-methyl/N-ethyl adjacent to an activating group) is 1. The van der Waals surface area contributed by atoms with Crippen LogP contribution in [0.2, 0.25) is 0 Å². The first-order valence-electron chi connectivity index (χ1n) is 9.99. The van der Waals surface area contributed by atoms with Crippen LogP contribution < -0.4 is 14.4 Å². The molecule has 0 aromatic heterocycles. The predicted octanol–water partition coefficient (Wildman–Crippen LogP) is 2.80. The van der Waals surface area contributed by atoms with Crippen LogP contribution in [0, 0.1) is 0 Å². The summed E-state index contributed by atoms with van der Waals surface area (Å²) in [4.78, 5) is 17.3. The molecule has 1 aliphatic heterocycles. The number of nitrogens with one attached hydrogen (secondary N) is 1. The molecule has 3 rings (SSSR count). The molecule has 0 saturated carbocycles. The van der Waals surface area contributed by atoms with Crippen molar-refractivity contribution in [3.63, 3.8) is 0 Å². The van der Waals surface area contributed by atoms with Crippen LogP contribution in [0.1, 0.15) is 30.0 Å². The van der Waals surface area contributed by atoms with E-state index < -0.39 is 0 Å². The third-order valence-electron chi connectivity index (χ3n) is 5.68. The van der Waals surface area contributed by atoms with Crippen molar-refractivity contribution >= 4 is 17.7 Å². The predicted molar refractivity (Wildman–Crippen MR) is 117 cm³/mol. The Bertz CT molecular complexity index is 825. The maximum atomic E-state index is 12.9. The summed E-state index contributed by atoms with van der Waals surface area (Å²) in [7, 11) is 5.26. The highest BCUT2D eigenvalue weighted by molar-refractivity contribution is 7.98. The second-order valence-electron chi connectivity index (χ2n) is 7.49. The van der Waals surface area contributed by atoms with Crippen LogP contribution >= 0.6 is 11.8 Å². The standard InChI is InChI=1S/C23H30N2O3S/c1-24(15-17-7-10-19(29-4)11-8-17)23(26)16-25-13-5-6-21(25)20-14-18(27-2)9-12-22(20)28-3/h7-12,14,21H,5-6,13,15-16H2,1-4H3/p+1/t21-/m1/s1. The van der Waals surface area contributed by atoms with Crippen molar-refractivity contribution < 1.29 is 19.2 Å². The van der Waals surface area contributed by atoms with Crippen molar-refractivity contribution in [2.75, 3.05) is 40.6 Å². The number of thioether (sulfide) groups is 1. The van der Waals surface area contributed by atoms with Crippen LogP contribution in [0.4, 0.5) is 0 Å². The zero-order valence-electron chi connectivity index (χ0n) is 17.7. The molecule has 6 heteroatoms. The normalized spacial score (nSPS) is 18.5. The summed E-state index contributed by atoms with van der Waals surface area (Å²) in [6, 6.07) is 14.6. The molecule has 2 atom stereocenters. The smallest absolute Gasteiger partial charge is 0.277 e. The number of hydrogen-bond acceptors (Lipinski definition) is 4. The van der Waals surface area contributed by atoms with Gasteiger partial charge in [0.25, 0.3) is 5.91 Å². The summed E-state index contributed by atoms with van der Waals surface area (Å²) >= 11 is 1.72. The molecule has 1 saturated heterocycles. The molecule has 0 spiro atoms. The van der Waals surface area contributed by atoms with Crippen molar-refractivity contribution in [3.05, 3.63) is 53.6 Å². The maximum Gasteiger partial charge on any atom is 0.277 e. The molecule has 1 N–H and O–H groups in total. The molecular formula is C23H31N2O3S+. The Morgan fingerprint density at radius 3 is 2.59 bits per heavy atom. The fourth-order valence-corrected chi connectivity index (χ4v) is 4.44. The molecule has 0 bridgehead atoms. The third kappa shape index (κ3) is 5.25. The average Bonchev–Trinajstić information content (AvgIpc) is 3.21. The lowest BCUT2D eigenvalue weighted by Crippen LogP contribution is -3.11. The molecule has 1 amide bonds. The van der Waals surface area contributed by atoms with Gasteiger partial charge in [-0.2, -0.15) is 0 Å². The van der Waals surface area contributed by atoms with E-state index >= 15 is 0 Å². The molecule has 1 unspecified atom stereocenters. The first-order chi connectivity index (χ1) is 14.0. The molecule has 2 aromatic carbocycles. The fraction of sp³-hybridized carbons (Fsp3) is 0.435. The second kappa shape index (κ2) is 10.0. The van der Waals surface area contributed by atoms with Gasteiger partial charge in [0, 0.05) is 31.3 Å². The Balaban J connectivity index is 1.67. The first kappa shape index (κ1) is 21.5. The van der Waals surface area contributed by atoms with Gasteiger partial charge in [-0.05, 0) is 42.2 Å². The van der Waals surface area contributed by atoms with Crippen LogP contribution in [-0.2, 0) is 11.3 Å². The van der Waals surface area contributed by atoms with E-state index in [1.807, 2.05) is 24.1 Å². The summed E-state index contributed by atoms with van der Waals surface area (Å²) in [5.74, 6) is 1.86. The van der Waals surface area contributed by atoms with Gasteiger partial charge < -0.3 is 19.3 Å². The second-order valence-corrected chi connectivity index (χ2v) is 8.37. The van der Waals surface area contributed by atoms with E-state index in [1.165, 1.54) is 9.80 Å². The molecule has 1 aliphatic rings. The molecular weight excluding hydrogens is 384 g/mol. The molecule has 5 nitrogen and oxygen atoms in total. The van der Waals surface area contributed by atoms with Crippen LogP contribution in [-0.4, -0.2) is 51.4 Å². The summed E-state index contributed by atoms with van der Waals surface area (Å²) in [6.45, 7) is 2.12. The van der Waals surface area contributed by atoms with Gasteiger partial charge >= 0.3 is 0 Å². The van der Waals surface area contributed by atoms with Crippen molar-refractivity contribution in [2.24, 2.45) is 0 Å². The monoisotopic (exact) mass is 415 g/mol. The van der Waals surface area contributed by atoms with Gasteiger partial charge in [-0.3, -0.25) is 4.79 Å². The Morgan fingerprint density at radius 1 is 1.17 bits per heavy atom. The van der Waals surface area contributed by atoms with Crippen LogP contribution in [0.25, 0.3) is 0 Å².